The summed E-state index contributed by atoms with van der Waals surface area (Å²) in [6, 6.07) is 0. The van der Waals surface area contributed by atoms with Crippen LogP contribution in [0, 0.1) is 0 Å². The van der Waals surface area contributed by atoms with Gasteiger partial charge in [0.15, 0.2) is 0 Å². The zero-order valence-corrected chi connectivity index (χ0v) is 13.5. The molecular weight excluding hydrogens is 328 g/mol. The first-order valence-corrected chi connectivity index (χ1v) is 7.71. The fourth-order valence-corrected chi connectivity index (χ4v) is 3.05. The molecule has 7 heteroatoms. The second-order valence-corrected chi connectivity index (χ2v) is 6.14. The zero-order chi connectivity index (χ0) is 14.0. The Balaban J connectivity index is 2.44. The maximum atomic E-state index is 12.6. The summed E-state index contributed by atoms with van der Waals surface area (Å²) in [5.41, 5.74) is 1.33. The molecule has 0 radical (unpaired) electrons. The van der Waals surface area contributed by atoms with Crippen molar-refractivity contribution in [2.45, 2.75) is 39.7 Å². The van der Waals surface area contributed by atoms with Gasteiger partial charge in [-0.15, -0.1) is 5.10 Å². The van der Waals surface area contributed by atoms with Crippen LogP contribution in [0.4, 0.5) is 0 Å². The molecule has 0 aliphatic heterocycles. The zero-order valence-electron chi connectivity index (χ0n) is 11.1. The molecule has 0 saturated carbocycles. The number of aryl methyl sites for hydroxylation is 1. The summed E-state index contributed by atoms with van der Waals surface area (Å²) >= 11 is 4.54. The van der Waals surface area contributed by atoms with E-state index in [1.807, 2.05) is 13.8 Å². The lowest BCUT2D eigenvalue weighted by molar-refractivity contribution is 0.103. The van der Waals surface area contributed by atoms with Gasteiger partial charge in [0.25, 0.3) is 0 Å². The lowest BCUT2D eigenvalue weighted by Gasteiger charge is -2.06. The van der Waals surface area contributed by atoms with Crippen molar-refractivity contribution in [2.24, 2.45) is 0 Å². The van der Waals surface area contributed by atoms with Crippen LogP contribution in [0.15, 0.2) is 10.7 Å². The molecule has 0 bridgehead atoms. The average Bonchev–Trinajstić information content (AvgIpc) is 2.96. The molecule has 0 aliphatic rings. The van der Waals surface area contributed by atoms with E-state index < -0.39 is 0 Å². The SMILES string of the molecule is CCCn1ncc(Br)c1C(=O)c1snnc1C(C)C. The summed E-state index contributed by atoms with van der Waals surface area (Å²) in [5.74, 6) is 0.121. The average molecular weight is 343 g/mol. The van der Waals surface area contributed by atoms with E-state index in [0.29, 0.717) is 15.0 Å². The molecule has 19 heavy (non-hydrogen) atoms. The van der Waals surface area contributed by atoms with Gasteiger partial charge in [-0.2, -0.15) is 5.10 Å². The van der Waals surface area contributed by atoms with E-state index in [-0.39, 0.29) is 11.7 Å². The van der Waals surface area contributed by atoms with Crippen LogP contribution in [-0.2, 0) is 6.54 Å². The Bertz CT molecular complexity index is 590. The van der Waals surface area contributed by atoms with E-state index in [2.05, 4.69) is 37.5 Å². The molecule has 0 aromatic carbocycles. The fourth-order valence-electron chi connectivity index (χ4n) is 1.81. The molecule has 0 atom stereocenters. The van der Waals surface area contributed by atoms with Gasteiger partial charge < -0.3 is 0 Å². The van der Waals surface area contributed by atoms with E-state index in [1.165, 1.54) is 0 Å². The summed E-state index contributed by atoms with van der Waals surface area (Å²) < 4.78 is 6.35. The molecule has 2 aromatic heterocycles. The van der Waals surface area contributed by atoms with Crippen molar-refractivity contribution in [2.75, 3.05) is 0 Å². The van der Waals surface area contributed by atoms with Gasteiger partial charge >= 0.3 is 0 Å². The smallest absolute Gasteiger partial charge is 0.225 e. The normalized spacial score (nSPS) is 11.2. The number of aromatic nitrogens is 4. The first-order chi connectivity index (χ1) is 9.06. The van der Waals surface area contributed by atoms with Gasteiger partial charge in [-0.1, -0.05) is 25.3 Å². The number of hydrogen-bond acceptors (Lipinski definition) is 5. The minimum absolute atomic E-state index is 0.0588. The molecule has 5 nitrogen and oxygen atoms in total. The molecule has 2 heterocycles. The molecule has 2 rings (SSSR count). The van der Waals surface area contributed by atoms with Gasteiger partial charge in [0.05, 0.1) is 16.4 Å². The fraction of sp³-hybridized carbons (Fsp3) is 0.500. The van der Waals surface area contributed by atoms with Crippen LogP contribution in [0.2, 0.25) is 0 Å². The highest BCUT2D eigenvalue weighted by Crippen LogP contribution is 2.26. The summed E-state index contributed by atoms with van der Waals surface area (Å²) in [7, 11) is 0. The van der Waals surface area contributed by atoms with E-state index in [1.54, 1.807) is 10.9 Å². The third-order valence-electron chi connectivity index (χ3n) is 2.71. The van der Waals surface area contributed by atoms with Crippen LogP contribution >= 0.6 is 27.5 Å². The number of ketones is 1. The second kappa shape index (κ2) is 5.92. The molecule has 102 valence electrons. The summed E-state index contributed by atoms with van der Waals surface area (Å²) in [5, 5.41) is 8.28. The lowest BCUT2D eigenvalue weighted by atomic mass is 10.1. The summed E-state index contributed by atoms with van der Waals surface area (Å²) in [6.07, 6.45) is 2.58. The van der Waals surface area contributed by atoms with Crippen molar-refractivity contribution in [3.05, 3.63) is 26.9 Å². The van der Waals surface area contributed by atoms with E-state index in [0.717, 1.165) is 30.2 Å². The molecular formula is C12H15BrN4OS. The predicted molar refractivity (Wildman–Crippen MR) is 77.6 cm³/mol. The van der Waals surface area contributed by atoms with Gasteiger partial charge in [-0.3, -0.25) is 9.48 Å². The van der Waals surface area contributed by atoms with Gasteiger partial charge in [-0.25, -0.2) is 0 Å². The van der Waals surface area contributed by atoms with Crippen LogP contribution in [0.5, 0.6) is 0 Å². The van der Waals surface area contributed by atoms with Crippen molar-refractivity contribution >= 4 is 33.2 Å². The van der Waals surface area contributed by atoms with Crippen LogP contribution in [0.3, 0.4) is 0 Å². The molecule has 0 unspecified atom stereocenters. The highest BCUT2D eigenvalue weighted by atomic mass is 79.9. The van der Waals surface area contributed by atoms with Crippen molar-refractivity contribution in [1.82, 2.24) is 19.4 Å². The molecule has 0 N–H and O–H groups in total. The van der Waals surface area contributed by atoms with Crippen molar-refractivity contribution in [3.8, 4) is 0 Å². The maximum absolute atomic E-state index is 12.6. The lowest BCUT2D eigenvalue weighted by Crippen LogP contribution is -2.13. The maximum Gasteiger partial charge on any atom is 0.225 e. The van der Waals surface area contributed by atoms with E-state index >= 15 is 0 Å². The molecule has 0 saturated heterocycles. The molecule has 0 amide bonds. The van der Waals surface area contributed by atoms with E-state index in [9.17, 15) is 4.79 Å². The largest absolute Gasteiger partial charge is 0.286 e. The molecule has 0 fully saturated rings. The quantitative estimate of drug-likeness (QED) is 0.782. The Hall–Kier alpha value is -1.08. The minimum Gasteiger partial charge on any atom is -0.286 e. The Morgan fingerprint density at radius 2 is 2.26 bits per heavy atom. The van der Waals surface area contributed by atoms with Gasteiger partial charge in [0.1, 0.15) is 10.6 Å². The first kappa shape index (κ1) is 14.3. The Morgan fingerprint density at radius 1 is 1.53 bits per heavy atom. The van der Waals surface area contributed by atoms with Crippen molar-refractivity contribution in [1.29, 1.82) is 0 Å². The highest BCUT2D eigenvalue weighted by Gasteiger charge is 2.25. The third kappa shape index (κ3) is 2.76. The number of carbonyl (C=O) groups excluding carboxylic acids is 1. The van der Waals surface area contributed by atoms with Crippen molar-refractivity contribution in [3.63, 3.8) is 0 Å². The molecule has 0 aliphatic carbocycles. The van der Waals surface area contributed by atoms with Crippen LogP contribution in [0.1, 0.15) is 54.2 Å². The third-order valence-corrected chi connectivity index (χ3v) is 4.03. The summed E-state index contributed by atoms with van der Waals surface area (Å²) in [4.78, 5) is 13.3. The van der Waals surface area contributed by atoms with Crippen molar-refractivity contribution < 1.29 is 4.79 Å². The second-order valence-electron chi connectivity index (χ2n) is 4.54. The summed E-state index contributed by atoms with van der Waals surface area (Å²) in [6.45, 7) is 6.78. The number of hydrogen-bond donors (Lipinski definition) is 0. The number of carbonyl (C=O) groups is 1. The van der Waals surface area contributed by atoms with Gasteiger partial charge in [0, 0.05) is 6.54 Å². The highest BCUT2D eigenvalue weighted by molar-refractivity contribution is 9.10. The number of nitrogens with zero attached hydrogens (tertiary/aromatic N) is 4. The van der Waals surface area contributed by atoms with E-state index in [4.69, 9.17) is 0 Å². The number of rotatable bonds is 5. The standard InChI is InChI=1S/C12H15BrN4OS/c1-4-5-17-10(8(13)6-14-17)11(18)12-9(7(2)3)15-16-19-12/h6-7H,4-5H2,1-3H3. The topological polar surface area (TPSA) is 60.7 Å². The van der Waals surface area contributed by atoms with Crippen LogP contribution in [0.25, 0.3) is 0 Å². The molecule has 0 spiro atoms. The van der Waals surface area contributed by atoms with Gasteiger partial charge in [0.2, 0.25) is 5.78 Å². The minimum atomic E-state index is -0.0588. The Morgan fingerprint density at radius 3 is 2.89 bits per heavy atom. The predicted octanol–water partition coefficient (Wildman–Crippen LogP) is 3.26. The van der Waals surface area contributed by atoms with Crippen LogP contribution in [-0.4, -0.2) is 25.2 Å². The monoisotopic (exact) mass is 342 g/mol. The molecule has 2 aromatic rings. The first-order valence-electron chi connectivity index (χ1n) is 6.14. The Kier molecular flexibility index (Phi) is 4.46. The Labute approximate surface area is 124 Å². The van der Waals surface area contributed by atoms with Gasteiger partial charge in [-0.05, 0) is 39.8 Å². The van der Waals surface area contributed by atoms with Crippen LogP contribution < -0.4 is 0 Å². The number of halogens is 1.